The van der Waals surface area contributed by atoms with E-state index in [4.69, 9.17) is 5.10 Å². The molecule has 0 N–H and O–H groups in total. The van der Waals surface area contributed by atoms with Crippen LogP contribution in [0.5, 0.6) is 0 Å². The number of benzene rings is 1. The van der Waals surface area contributed by atoms with E-state index in [1.165, 1.54) is 6.07 Å². The highest BCUT2D eigenvalue weighted by molar-refractivity contribution is 5.93. The quantitative estimate of drug-likeness (QED) is 0.583. The van der Waals surface area contributed by atoms with Gasteiger partial charge in [0.1, 0.15) is 11.4 Å². The first-order chi connectivity index (χ1) is 13.8. The van der Waals surface area contributed by atoms with Crippen molar-refractivity contribution in [2.24, 2.45) is 0 Å². The summed E-state index contributed by atoms with van der Waals surface area (Å²) >= 11 is 0. The number of hydrogen-bond acceptors (Lipinski definition) is 5. The zero-order chi connectivity index (χ0) is 20.8. The normalized spacial score (nSPS) is 17.5. The van der Waals surface area contributed by atoms with Gasteiger partial charge in [-0.2, -0.15) is 5.10 Å². The number of para-hydroxylation sites is 2. The highest BCUT2D eigenvalue weighted by atomic mass is 16.6. The predicted molar refractivity (Wildman–Crippen MR) is 110 cm³/mol. The number of rotatable bonds is 4. The lowest BCUT2D eigenvalue weighted by Gasteiger charge is -2.36. The summed E-state index contributed by atoms with van der Waals surface area (Å²) in [6, 6.07) is 8.73. The first-order valence-electron chi connectivity index (χ1n) is 10.1. The van der Waals surface area contributed by atoms with Crippen molar-refractivity contribution in [1.29, 1.82) is 0 Å². The molecular formula is C21H27N5O3. The van der Waals surface area contributed by atoms with Gasteiger partial charge in [0.2, 0.25) is 0 Å². The molecule has 8 nitrogen and oxygen atoms in total. The fraction of sp³-hybridized carbons (Fsp3) is 0.524. The van der Waals surface area contributed by atoms with E-state index in [0.29, 0.717) is 43.5 Å². The number of aromatic nitrogens is 2. The number of carbonyl (C=O) groups is 1. The predicted octanol–water partition coefficient (Wildman–Crippen LogP) is 3.39. The summed E-state index contributed by atoms with van der Waals surface area (Å²) in [5, 5.41) is 16.1. The van der Waals surface area contributed by atoms with Crippen LogP contribution in [0, 0.1) is 10.1 Å². The topological polar surface area (TPSA) is 84.5 Å². The maximum absolute atomic E-state index is 13.3. The van der Waals surface area contributed by atoms with E-state index in [1.807, 2.05) is 20.5 Å². The Morgan fingerprint density at radius 3 is 2.38 bits per heavy atom. The van der Waals surface area contributed by atoms with Crippen LogP contribution >= 0.6 is 0 Å². The molecule has 0 bridgehead atoms. The standard InChI is InChI=1S/C21H27N5O3/c1-21(2,3)25-19(14-16(22-25)15-8-9-15)20(27)24-12-10-23(11-13-24)17-6-4-5-7-18(17)26(28)29/h4-7,14-15H,8-13H2,1-3H3. The number of nitro benzene ring substituents is 1. The number of piperazine rings is 1. The van der Waals surface area contributed by atoms with Gasteiger partial charge >= 0.3 is 0 Å². The van der Waals surface area contributed by atoms with Crippen molar-refractivity contribution in [2.45, 2.75) is 45.1 Å². The first-order valence-corrected chi connectivity index (χ1v) is 10.1. The Bertz CT molecular complexity index is 934. The average molecular weight is 397 g/mol. The summed E-state index contributed by atoms with van der Waals surface area (Å²) in [7, 11) is 0. The maximum atomic E-state index is 13.3. The lowest BCUT2D eigenvalue weighted by atomic mass is 10.1. The summed E-state index contributed by atoms with van der Waals surface area (Å²) in [5.74, 6) is 0.474. The Morgan fingerprint density at radius 1 is 1.14 bits per heavy atom. The van der Waals surface area contributed by atoms with Crippen LogP contribution in [0.1, 0.15) is 55.7 Å². The lowest BCUT2D eigenvalue weighted by Crippen LogP contribution is -2.49. The maximum Gasteiger partial charge on any atom is 0.292 e. The van der Waals surface area contributed by atoms with Crippen molar-refractivity contribution in [3.05, 3.63) is 51.8 Å². The van der Waals surface area contributed by atoms with Gasteiger partial charge in [0.05, 0.1) is 16.2 Å². The van der Waals surface area contributed by atoms with Gasteiger partial charge in [-0.15, -0.1) is 0 Å². The van der Waals surface area contributed by atoms with Gasteiger partial charge < -0.3 is 9.80 Å². The second kappa shape index (κ2) is 7.17. The Morgan fingerprint density at radius 2 is 1.79 bits per heavy atom. The summed E-state index contributed by atoms with van der Waals surface area (Å²) in [6.07, 6.45) is 2.28. The third-order valence-electron chi connectivity index (χ3n) is 5.56. The third-order valence-corrected chi connectivity index (χ3v) is 5.56. The number of nitro groups is 1. The molecule has 1 amide bonds. The summed E-state index contributed by atoms with van der Waals surface area (Å²) in [4.78, 5) is 28.1. The molecule has 0 spiro atoms. The smallest absolute Gasteiger partial charge is 0.292 e. The molecular weight excluding hydrogens is 370 g/mol. The monoisotopic (exact) mass is 397 g/mol. The minimum atomic E-state index is -0.353. The van der Waals surface area contributed by atoms with Crippen LogP contribution in [0.4, 0.5) is 11.4 Å². The van der Waals surface area contributed by atoms with Gasteiger partial charge in [-0.1, -0.05) is 12.1 Å². The van der Waals surface area contributed by atoms with E-state index in [9.17, 15) is 14.9 Å². The Kier molecular flexibility index (Phi) is 4.80. The second-order valence-corrected chi connectivity index (χ2v) is 8.84. The SMILES string of the molecule is CC(C)(C)n1nc(C2CC2)cc1C(=O)N1CCN(c2ccccc2[N+](=O)[O-])CC1. The number of nitrogens with zero attached hydrogens (tertiary/aromatic N) is 5. The van der Waals surface area contributed by atoms with E-state index in [2.05, 4.69) is 20.8 Å². The molecule has 0 radical (unpaired) electrons. The minimum absolute atomic E-state index is 0.0125. The van der Waals surface area contributed by atoms with Crippen molar-refractivity contribution in [2.75, 3.05) is 31.1 Å². The van der Waals surface area contributed by atoms with Crippen LogP contribution in [-0.2, 0) is 5.54 Å². The van der Waals surface area contributed by atoms with Crippen LogP contribution in [0.15, 0.2) is 30.3 Å². The lowest BCUT2D eigenvalue weighted by molar-refractivity contribution is -0.384. The molecule has 1 saturated heterocycles. The highest BCUT2D eigenvalue weighted by Gasteiger charge is 2.33. The van der Waals surface area contributed by atoms with E-state index in [-0.39, 0.29) is 22.1 Å². The van der Waals surface area contributed by atoms with Gasteiger partial charge in [-0.3, -0.25) is 19.6 Å². The zero-order valence-electron chi connectivity index (χ0n) is 17.2. The average Bonchev–Trinajstić information content (AvgIpc) is 3.44. The van der Waals surface area contributed by atoms with Crippen LogP contribution in [0.3, 0.4) is 0 Å². The van der Waals surface area contributed by atoms with E-state index in [1.54, 1.807) is 18.2 Å². The fourth-order valence-electron chi connectivity index (χ4n) is 3.84. The number of carbonyl (C=O) groups excluding carboxylic acids is 1. The molecule has 2 aromatic rings. The van der Waals surface area contributed by atoms with Crippen molar-refractivity contribution in [3.8, 4) is 0 Å². The van der Waals surface area contributed by atoms with E-state index < -0.39 is 0 Å². The molecule has 154 valence electrons. The number of hydrogen-bond donors (Lipinski definition) is 0. The van der Waals surface area contributed by atoms with Crippen molar-refractivity contribution in [1.82, 2.24) is 14.7 Å². The molecule has 1 saturated carbocycles. The van der Waals surface area contributed by atoms with Crippen LogP contribution < -0.4 is 4.90 Å². The van der Waals surface area contributed by atoms with Crippen LogP contribution in [0.25, 0.3) is 0 Å². The van der Waals surface area contributed by atoms with Gasteiger partial charge in [-0.05, 0) is 45.7 Å². The Balaban J connectivity index is 1.51. The first kappa shape index (κ1) is 19.4. The molecule has 1 aliphatic heterocycles. The molecule has 1 aromatic heterocycles. The minimum Gasteiger partial charge on any atom is -0.362 e. The van der Waals surface area contributed by atoms with Crippen LogP contribution in [-0.4, -0.2) is 51.7 Å². The summed E-state index contributed by atoms with van der Waals surface area (Å²) in [6.45, 7) is 8.35. The van der Waals surface area contributed by atoms with Crippen molar-refractivity contribution < 1.29 is 9.72 Å². The molecule has 8 heteroatoms. The van der Waals surface area contributed by atoms with Gasteiger partial charge in [0, 0.05) is 38.2 Å². The second-order valence-electron chi connectivity index (χ2n) is 8.84. The molecule has 1 aromatic carbocycles. The third kappa shape index (κ3) is 3.83. The summed E-state index contributed by atoms with van der Waals surface area (Å²) < 4.78 is 1.86. The Labute approximate surface area is 170 Å². The van der Waals surface area contributed by atoms with Gasteiger partial charge in [-0.25, -0.2) is 0 Å². The van der Waals surface area contributed by atoms with Crippen LogP contribution in [0.2, 0.25) is 0 Å². The summed E-state index contributed by atoms with van der Waals surface area (Å²) in [5.41, 5.74) is 2.10. The molecule has 4 rings (SSSR count). The molecule has 1 aliphatic carbocycles. The highest BCUT2D eigenvalue weighted by Crippen LogP contribution is 2.40. The van der Waals surface area contributed by atoms with Gasteiger partial charge in [0.15, 0.2) is 0 Å². The number of anilines is 1. The van der Waals surface area contributed by atoms with Crippen molar-refractivity contribution in [3.63, 3.8) is 0 Å². The molecule has 0 unspecified atom stereocenters. The van der Waals surface area contributed by atoms with Gasteiger partial charge in [0.25, 0.3) is 11.6 Å². The largest absolute Gasteiger partial charge is 0.362 e. The fourth-order valence-corrected chi connectivity index (χ4v) is 3.84. The zero-order valence-corrected chi connectivity index (χ0v) is 17.2. The molecule has 2 aliphatic rings. The van der Waals surface area contributed by atoms with E-state index in [0.717, 1.165) is 18.5 Å². The molecule has 2 fully saturated rings. The molecule has 0 atom stereocenters. The van der Waals surface area contributed by atoms with Crippen molar-refractivity contribution >= 4 is 17.3 Å². The number of amides is 1. The molecule has 29 heavy (non-hydrogen) atoms. The molecule has 2 heterocycles. The van der Waals surface area contributed by atoms with E-state index >= 15 is 0 Å². The Hall–Kier alpha value is -2.90.